The van der Waals surface area contributed by atoms with Crippen LogP contribution < -0.4 is 0 Å². The van der Waals surface area contributed by atoms with Crippen LogP contribution in [0.5, 0.6) is 0 Å². The van der Waals surface area contributed by atoms with Gasteiger partial charge in [-0.15, -0.1) is 0 Å². The minimum atomic E-state index is -0.568. The van der Waals surface area contributed by atoms with Gasteiger partial charge in [-0.2, -0.15) is 0 Å². The van der Waals surface area contributed by atoms with Gasteiger partial charge in [-0.3, -0.25) is 4.79 Å². The minimum absolute atomic E-state index is 0.201. The van der Waals surface area contributed by atoms with Gasteiger partial charge in [-0.05, 0) is 83.5 Å². The van der Waals surface area contributed by atoms with Gasteiger partial charge >= 0.3 is 5.97 Å². The van der Waals surface area contributed by atoms with Crippen LogP contribution in [-0.4, -0.2) is 37.0 Å². The van der Waals surface area contributed by atoms with Gasteiger partial charge in [0.25, 0.3) is 0 Å². The van der Waals surface area contributed by atoms with E-state index in [0.717, 1.165) is 83.5 Å². The zero-order chi connectivity index (χ0) is 32.0. The third-order valence-electron chi connectivity index (χ3n) is 6.95. The normalized spacial score (nSPS) is 13.4. The molecule has 0 aliphatic rings. The first-order chi connectivity index (χ1) is 21.7. The van der Waals surface area contributed by atoms with E-state index in [1.54, 1.807) is 0 Å². The Balaban J connectivity index is 3.61. The molecular formula is C40H66O4. The fraction of sp³-hybridized carbons (Fsp3) is 0.625. The second kappa shape index (κ2) is 36.8. The van der Waals surface area contributed by atoms with Gasteiger partial charge in [0.05, 0.1) is 13.2 Å². The van der Waals surface area contributed by atoms with E-state index in [2.05, 4.69) is 98.9 Å². The molecule has 0 saturated heterocycles. The maximum absolute atomic E-state index is 12.1. The molecule has 0 aromatic rings. The van der Waals surface area contributed by atoms with Crippen molar-refractivity contribution in [3.63, 3.8) is 0 Å². The van der Waals surface area contributed by atoms with Crippen LogP contribution in [-0.2, 0) is 14.3 Å². The Morgan fingerprint density at radius 1 is 0.568 bits per heavy atom. The summed E-state index contributed by atoms with van der Waals surface area (Å²) in [6.07, 6.45) is 50.5. The molecule has 1 atom stereocenters. The van der Waals surface area contributed by atoms with Gasteiger partial charge in [0, 0.05) is 13.0 Å². The van der Waals surface area contributed by atoms with E-state index >= 15 is 0 Å². The van der Waals surface area contributed by atoms with Crippen molar-refractivity contribution < 1.29 is 19.4 Å². The van der Waals surface area contributed by atoms with Crippen molar-refractivity contribution in [1.29, 1.82) is 0 Å². The number of carbonyl (C=O) groups excluding carboxylic acids is 1. The maximum atomic E-state index is 12.1. The summed E-state index contributed by atoms with van der Waals surface area (Å²) in [4.78, 5) is 12.1. The quantitative estimate of drug-likeness (QED) is 0.0482. The summed E-state index contributed by atoms with van der Waals surface area (Å²) in [6, 6.07) is 0. The highest BCUT2D eigenvalue weighted by Crippen LogP contribution is 2.10. The standard InChI is InChI=1S/C40H66O4/c1-3-5-7-9-11-13-15-17-19-20-21-22-24-26-28-30-32-34-36-43-38-39(37-41)44-40(42)35-33-31-29-27-25-23-18-16-14-12-10-8-6-4-2/h5,7,10-13,16-19,21-22,26,28,39,41H,3-4,6,8-9,14-15,20,23-25,27,29-38H2,1-2H3/b7-5-,12-10-,13-11-,18-16-,19-17-,22-21-,28-26-. The first-order valence-corrected chi connectivity index (χ1v) is 17.7. The molecule has 0 aromatic heterocycles. The molecule has 250 valence electrons. The highest BCUT2D eigenvalue weighted by atomic mass is 16.6. The largest absolute Gasteiger partial charge is 0.457 e. The van der Waals surface area contributed by atoms with Gasteiger partial charge in [0.1, 0.15) is 6.10 Å². The predicted octanol–water partition coefficient (Wildman–Crippen LogP) is 11.3. The summed E-state index contributed by atoms with van der Waals surface area (Å²) in [5.41, 5.74) is 0. The molecule has 0 fully saturated rings. The van der Waals surface area contributed by atoms with E-state index in [4.69, 9.17) is 9.47 Å². The number of esters is 1. The van der Waals surface area contributed by atoms with Crippen molar-refractivity contribution in [3.05, 3.63) is 85.1 Å². The number of rotatable bonds is 31. The van der Waals surface area contributed by atoms with Gasteiger partial charge in [0.15, 0.2) is 0 Å². The fourth-order valence-corrected chi connectivity index (χ4v) is 4.31. The Hall–Kier alpha value is -2.43. The van der Waals surface area contributed by atoms with Crippen LogP contribution in [0.2, 0.25) is 0 Å². The molecule has 1 N–H and O–H groups in total. The molecule has 4 nitrogen and oxygen atoms in total. The van der Waals surface area contributed by atoms with Crippen molar-refractivity contribution >= 4 is 5.97 Å². The number of aliphatic hydroxyl groups excluding tert-OH is 1. The highest BCUT2D eigenvalue weighted by molar-refractivity contribution is 5.69. The fourth-order valence-electron chi connectivity index (χ4n) is 4.31. The first kappa shape index (κ1) is 41.6. The van der Waals surface area contributed by atoms with Crippen LogP contribution in [0.25, 0.3) is 0 Å². The van der Waals surface area contributed by atoms with Gasteiger partial charge in [-0.1, -0.05) is 131 Å². The molecule has 44 heavy (non-hydrogen) atoms. The summed E-state index contributed by atoms with van der Waals surface area (Å²) < 4.78 is 11.0. The zero-order valence-corrected chi connectivity index (χ0v) is 28.4. The Labute approximate surface area is 271 Å². The number of allylic oxidation sites excluding steroid dienone is 14. The van der Waals surface area contributed by atoms with Gasteiger partial charge in [-0.25, -0.2) is 0 Å². The third kappa shape index (κ3) is 34.1. The molecule has 0 rings (SSSR count). The Bertz CT molecular complexity index is 815. The van der Waals surface area contributed by atoms with Crippen LogP contribution in [0.3, 0.4) is 0 Å². The van der Waals surface area contributed by atoms with E-state index in [-0.39, 0.29) is 19.2 Å². The summed E-state index contributed by atoms with van der Waals surface area (Å²) in [5.74, 6) is -0.235. The number of ether oxygens (including phenoxy) is 2. The molecule has 0 aliphatic carbocycles. The van der Waals surface area contributed by atoms with E-state index in [1.165, 1.54) is 32.1 Å². The molecule has 0 radical (unpaired) electrons. The van der Waals surface area contributed by atoms with E-state index in [1.807, 2.05) is 0 Å². The summed E-state index contributed by atoms with van der Waals surface area (Å²) in [5, 5.41) is 9.54. The Morgan fingerprint density at radius 2 is 1.02 bits per heavy atom. The molecule has 0 aliphatic heterocycles. The van der Waals surface area contributed by atoms with E-state index < -0.39 is 6.10 Å². The molecule has 0 heterocycles. The van der Waals surface area contributed by atoms with Crippen LogP contribution in [0.15, 0.2) is 85.1 Å². The first-order valence-electron chi connectivity index (χ1n) is 17.7. The van der Waals surface area contributed by atoms with Crippen LogP contribution in [0.4, 0.5) is 0 Å². The summed E-state index contributed by atoms with van der Waals surface area (Å²) >= 11 is 0. The van der Waals surface area contributed by atoms with E-state index in [9.17, 15) is 9.90 Å². The van der Waals surface area contributed by atoms with Crippen LogP contribution >= 0.6 is 0 Å². The minimum Gasteiger partial charge on any atom is -0.457 e. The Morgan fingerprint density at radius 3 is 1.55 bits per heavy atom. The lowest BCUT2D eigenvalue weighted by Gasteiger charge is -2.15. The predicted molar refractivity (Wildman–Crippen MR) is 191 cm³/mol. The second-order valence-electron chi connectivity index (χ2n) is 11.2. The SMILES string of the molecule is CC/C=C\C/C=C\C/C=C\C/C=C\C/C=C\CCCCOCC(CO)OC(=O)CCCCCCC/C=C\C/C=C\CCCC. The van der Waals surface area contributed by atoms with Crippen molar-refractivity contribution in [1.82, 2.24) is 0 Å². The lowest BCUT2D eigenvalue weighted by atomic mass is 10.1. The lowest BCUT2D eigenvalue weighted by Crippen LogP contribution is -2.27. The average Bonchev–Trinajstić information content (AvgIpc) is 3.03. The molecule has 0 aromatic carbocycles. The molecule has 0 bridgehead atoms. The zero-order valence-electron chi connectivity index (χ0n) is 28.4. The number of aliphatic hydroxyl groups is 1. The molecule has 0 amide bonds. The number of carbonyl (C=O) groups is 1. The van der Waals surface area contributed by atoms with Crippen molar-refractivity contribution in [2.45, 2.75) is 142 Å². The lowest BCUT2D eigenvalue weighted by molar-refractivity contribution is -0.154. The third-order valence-corrected chi connectivity index (χ3v) is 6.95. The highest BCUT2D eigenvalue weighted by Gasteiger charge is 2.13. The molecule has 0 saturated carbocycles. The van der Waals surface area contributed by atoms with Crippen LogP contribution in [0, 0.1) is 0 Å². The number of hydrogen-bond donors (Lipinski definition) is 1. The monoisotopic (exact) mass is 610 g/mol. The van der Waals surface area contributed by atoms with Crippen molar-refractivity contribution in [2.75, 3.05) is 19.8 Å². The maximum Gasteiger partial charge on any atom is 0.306 e. The van der Waals surface area contributed by atoms with E-state index in [0.29, 0.717) is 13.0 Å². The number of unbranched alkanes of at least 4 members (excludes halogenated alkanes) is 9. The molecule has 4 heteroatoms. The Kier molecular flexibility index (Phi) is 34.7. The second-order valence-corrected chi connectivity index (χ2v) is 11.2. The van der Waals surface area contributed by atoms with Crippen molar-refractivity contribution in [3.8, 4) is 0 Å². The molecular weight excluding hydrogens is 544 g/mol. The average molecular weight is 611 g/mol. The summed E-state index contributed by atoms with van der Waals surface area (Å²) in [7, 11) is 0. The topological polar surface area (TPSA) is 55.8 Å². The van der Waals surface area contributed by atoms with Crippen molar-refractivity contribution in [2.24, 2.45) is 0 Å². The molecule has 0 spiro atoms. The van der Waals surface area contributed by atoms with Crippen LogP contribution in [0.1, 0.15) is 136 Å². The number of hydrogen-bond acceptors (Lipinski definition) is 4. The van der Waals surface area contributed by atoms with Gasteiger partial charge in [0.2, 0.25) is 0 Å². The molecule has 1 unspecified atom stereocenters. The van der Waals surface area contributed by atoms with Gasteiger partial charge < -0.3 is 14.6 Å². The smallest absolute Gasteiger partial charge is 0.306 e. The summed E-state index contributed by atoms with van der Waals surface area (Å²) in [6.45, 7) is 5.05.